The van der Waals surface area contributed by atoms with Crippen LogP contribution in [0.5, 0.6) is 11.5 Å². The van der Waals surface area contributed by atoms with Crippen LogP contribution in [0.2, 0.25) is 0 Å². The van der Waals surface area contributed by atoms with Crippen molar-refractivity contribution in [3.05, 3.63) is 109 Å². The van der Waals surface area contributed by atoms with E-state index in [-0.39, 0.29) is 38.9 Å². The first-order valence-corrected chi connectivity index (χ1v) is 15.4. The zero-order valence-electron chi connectivity index (χ0n) is 26.0. The van der Waals surface area contributed by atoms with Crippen LogP contribution in [-0.2, 0) is 41.7 Å². The van der Waals surface area contributed by atoms with Crippen LogP contribution >= 0.6 is 0 Å². The second-order valence-electron chi connectivity index (χ2n) is 11.5. The summed E-state index contributed by atoms with van der Waals surface area (Å²) < 4.78 is 11.7. The fraction of sp³-hybridized carbons (Fsp3) is 0.216. The van der Waals surface area contributed by atoms with E-state index in [1.807, 2.05) is 72.8 Å². The maximum absolute atomic E-state index is 13.2. The molecule has 2 fully saturated rings. The van der Waals surface area contributed by atoms with Crippen LogP contribution in [0.15, 0.2) is 98.1 Å². The van der Waals surface area contributed by atoms with Crippen molar-refractivity contribution in [3.8, 4) is 11.5 Å². The van der Waals surface area contributed by atoms with Crippen molar-refractivity contribution in [1.29, 1.82) is 0 Å². The number of benzene rings is 4. The maximum atomic E-state index is 13.2. The Morgan fingerprint density at radius 3 is 1.40 bits per heavy atom. The van der Waals surface area contributed by atoms with Gasteiger partial charge >= 0.3 is 6.16 Å². The number of ether oxygens (including phenoxy) is 2. The highest BCUT2D eigenvalue weighted by molar-refractivity contribution is 6.04. The number of fused-ring (bicyclic) bond motifs is 2. The average Bonchev–Trinajstić information content (AvgIpc) is 3.49. The van der Waals surface area contributed by atoms with Crippen molar-refractivity contribution in [2.45, 2.75) is 25.7 Å². The van der Waals surface area contributed by atoms with Crippen LogP contribution in [0.4, 0.5) is 4.79 Å². The predicted molar refractivity (Wildman–Crippen MR) is 174 cm³/mol. The standard InChI is InChI=1S/C37H32N2O9/c1-3-13-45-31-19-25-11-7-5-9-23(25)15-27(31)17-29-21-33(40)38(35(29)42)47-37(44)48-39-34(41)22-30(36(39)43)18-28-16-24-10-6-8-12-26(24)20-32(28)46-14-4-2/h3-12,15-16,19-20,29-30H,1-2,13-14,17-18,21-22H2. The summed E-state index contributed by atoms with van der Waals surface area (Å²) in [5, 5.41) is 4.36. The summed E-state index contributed by atoms with van der Waals surface area (Å²) >= 11 is 0. The topological polar surface area (TPSA) is 129 Å². The summed E-state index contributed by atoms with van der Waals surface area (Å²) in [6, 6.07) is 22.8. The van der Waals surface area contributed by atoms with Crippen LogP contribution in [0.3, 0.4) is 0 Å². The third-order valence-electron chi connectivity index (χ3n) is 8.23. The fourth-order valence-electron chi connectivity index (χ4n) is 5.97. The highest BCUT2D eigenvalue weighted by atomic mass is 16.9. The van der Waals surface area contributed by atoms with Gasteiger partial charge in [0.15, 0.2) is 0 Å². The average molecular weight is 649 g/mol. The normalized spacial score (nSPS) is 17.7. The minimum Gasteiger partial charge on any atom is -0.489 e. The van der Waals surface area contributed by atoms with E-state index >= 15 is 0 Å². The van der Waals surface area contributed by atoms with E-state index in [1.54, 1.807) is 12.2 Å². The summed E-state index contributed by atoms with van der Waals surface area (Å²) in [4.78, 5) is 74.6. The lowest BCUT2D eigenvalue weighted by Gasteiger charge is -2.18. The van der Waals surface area contributed by atoms with Gasteiger partial charge < -0.3 is 9.47 Å². The summed E-state index contributed by atoms with van der Waals surface area (Å²) in [5.41, 5.74) is 1.38. The van der Waals surface area contributed by atoms with Crippen molar-refractivity contribution >= 4 is 51.3 Å². The number of amides is 4. The summed E-state index contributed by atoms with van der Waals surface area (Å²) in [5.74, 6) is -3.69. The lowest BCUT2D eigenvalue weighted by molar-refractivity contribution is -0.199. The number of rotatable bonds is 12. The van der Waals surface area contributed by atoms with E-state index in [1.165, 1.54) is 0 Å². The molecule has 0 spiro atoms. The number of hydrogen-bond acceptors (Lipinski definition) is 9. The van der Waals surface area contributed by atoms with Crippen LogP contribution in [0.1, 0.15) is 24.0 Å². The van der Waals surface area contributed by atoms with Crippen LogP contribution < -0.4 is 9.47 Å². The Morgan fingerprint density at radius 2 is 1.02 bits per heavy atom. The Balaban J connectivity index is 1.11. The molecule has 0 radical (unpaired) electrons. The molecule has 244 valence electrons. The molecule has 2 aliphatic heterocycles. The number of carbonyl (C=O) groups is 5. The first kappa shape index (κ1) is 32.0. The molecule has 4 aromatic rings. The van der Waals surface area contributed by atoms with E-state index in [4.69, 9.17) is 19.1 Å². The maximum Gasteiger partial charge on any atom is 0.560 e. The second-order valence-corrected chi connectivity index (χ2v) is 11.5. The molecule has 2 aliphatic rings. The second kappa shape index (κ2) is 13.8. The third kappa shape index (κ3) is 6.61. The van der Waals surface area contributed by atoms with Crippen LogP contribution in [-0.4, -0.2) is 53.1 Å². The Labute approximate surface area is 275 Å². The van der Waals surface area contributed by atoms with Crippen molar-refractivity contribution in [2.24, 2.45) is 11.8 Å². The van der Waals surface area contributed by atoms with Gasteiger partial charge in [0.2, 0.25) is 0 Å². The van der Waals surface area contributed by atoms with E-state index in [0.29, 0.717) is 32.8 Å². The zero-order valence-corrected chi connectivity index (χ0v) is 26.0. The lowest BCUT2D eigenvalue weighted by Crippen LogP contribution is -2.39. The van der Waals surface area contributed by atoms with E-state index in [2.05, 4.69) is 13.2 Å². The fourth-order valence-corrected chi connectivity index (χ4v) is 5.97. The molecule has 0 N–H and O–H groups in total. The zero-order chi connectivity index (χ0) is 33.8. The van der Waals surface area contributed by atoms with Crippen molar-refractivity contribution < 1.29 is 43.1 Å². The van der Waals surface area contributed by atoms with Crippen molar-refractivity contribution in [2.75, 3.05) is 13.2 Å². The number of hydrogen-bond donors (Lipinski definition) is 0. The highest BCUT2D eigenvalue weighted by Gasteiger charge is 2.45. The molecule has 11 heteroatoms. The van der Waals surface area contributed by atoms with Crippen molar-refractivity contribution in [3.63, 3.8) is 0 Å². The number of imide groups is 2. The predicted octanol–water partition coefficient (Wildman–Crippen LogP) is 5.64. The van der Waals surface area contributed by atoms with Gasteiger partial charge in [-0.3, -0.25) is 28.9 Å². The molecular formula is C37H32N2O9. The molecule has 6 rings (SSSR count). The molecular weight excluding hydrogens is 616 g/mol. The monoisotopic (exact) mass is 648 g/mol. The van der Waals surface area contributed by atoms with Gasteiger partial charge in [-0.05, 0) is 69.8 Å². The Kier molecular flexibility index (Phi) is 9.20. The molecule has 48 heavy (non-hydrogen) atoms. The molecule has 11 nitrogen and oxygen atoms in total. The van der Waals surface area contributed by atoms with Gasteiger partial charge in [0, 0.05) is 12.8 Å². The quantitative estimate of drug-likeness (QED) is 0.142. The smallest absolute Gasteiger partial charge is 0.489 e. The summed E-state index contributed by atoms with van der Waals surface area (Å²) in [6.07, 6.45) is 1.44. The van der Waals surface area contributed by atoms with Gasteiger partial charge in [0.05, 0.1) is 11.8 Å². The van der Waals surface area contributed by atoms with Crippen LogP contribution in [0, 0.1) is 11.8 Å². The van der Waals surface area contributed by atoms with Gasteiger partial charge in [-0.25, -0.2) is 0 Å². The molecule has 2 saturated heterocycles. The number of hydroxylamine groups is 4. The van der Waals surface area contributed by atoms with Crippen molar-refractivity contribution in [1.82, 2.24) is 10.1 Å². The van der Waals surface area contributed by atoms with E-state index < -0.39 is 41.6 Å². The minimum atomic E-state index is -1.57. The van der Waals surface area contributed by atoms with Gasteiger partial charge in [-0.15, -0.1) is 0 Å². The molecule has 4 amide bonds. The summed E-state index contributed by atoms with van der Waals surface area (Å²) in [7, 11) is 0. The Morgan fingerprint density at radius 1 is 0.646 bits per heavy atom. The lowest BCUT2D eigenvalue weighted by atomic mass is 9.95. The minimum absolute atomic E-state index is 0.134. The molecule has 4 aromatic carbocycles. The molecule has 2 unspecified atom stereocenters. The Bertz CT molecular complexity index is 1830. The highest BCUT2D eigenvalue weighted by Crippen LogP contribution is 2.34. The molecule has 0 saturated carbocycles. The third-order valence-corrected chi connectivity index (χ3v) is 8.23. The summed E-state index contributed by atoms with van der Waals surface area (Å²) in [6.45, 7) is 7.84. The molecule has 2 heterocycles. The molecule has 2 atom stereocenters. The van der Waals surface area contributed by atoms with Gasteiger partial charge in [0.25, 0.3) is 23.6 Å². The number of carbonyl (C=O) groups excluding carboxylic acids is 5. The van der Waals surface area contributed by atoms with Gasteiger partial charge in [-0.1, -0.05) is 84.0 Å². The Hall–Kier alpha value is -5.97. The molecule has 0 aliphatic carbocycles. The van der Waals surface area contributed by atoms with E-state index in [0.717, 1.165) is 21.5 Å². The van der Waals surface area contributed by atoms with Crippen LogP contribution in [0.25, 0.3) is 21.5 Å². The SMILES string of the molecule is C=CCOc1cc2ccccc2cc1CC1CC(=O)N(OC(=O)ON2C(=O)CC(Cc3cc4ccccc4cc3OCC=C)C2=O)C1=O. The molecule has 0 aromatic heterocycles. The first-order chi connectivity index (χ1) is 23.2. The number of nitrogens with zero attached hydrogens (tertiary/aromatic N) is 2. The molecule has 0 bridgehead atoms. The van der Waals surface area contributed by atoms with E-state index in [9.17, 15) is 24.0 Å². The van der Waals surface area contributed by atoms with Gasteiger partial charge in [-0.2, -0.15) is 4.79 Å². The largest absolute Gasteiger partial charge is 0.560 e. The van der Waals surface area contributed by atoms with Gasteiger partial charge in [0.1, 0.15) is 24.7 Å². The first-order valence-electron chi connectivity index (χ1n) is 15.4.